The first-order valence-electron chi connectivity index (χ1n) is 14.6. The Morgan fingerprint density at radius 1 is 1.02 bits per heavy atom. The molecule has 1 aliphatic heterocycles. The van der Waals surface area contributed by atoms with Crippen molar-refractivity contribution in [1.29, 1.82) is 0 Å². The van der Waals surface area contributed by atoms with E-state index in [0.29, 0.717) is 29.6 Å². The van der Waals surface area contributed by atoms with Crippen LogP contribution in [0.25, 0.3) is 22.2 Å². The second-order valence-electron chi connectivity index (χ2n) is 11.6. The van der Waals surface area contributed by atoms with E-state index in [-0.39, 0.29) is 11.7 Å². The quantitative estimate of drug-likeness (QED) is 0.229. The van der Waals surface area contributed by atoms with Crippen molar-refractivity contribution in [2.45, 2.75) is 26.4 Å². The van der Waals surface area contributed by atoms with E-state index in [0.717, 1.165) is 61.6 Å². The number of nitrogens with one attached hydrogen (secondary N) is 2. The molecule has 2 aromatic carbocycles. The Bertz CT molecular complexity index is 1590. The van der Waals surface area contributed by atoms with Gasteiger partial charge in [-0.25, -0.2) is 9.18 Å². The zero-order chi connectivity index (χ0) is 31.1. The Morgan fingerprint density at radius 2 is 1.80 bits per heavy atom. The van der Waals surface area contributed by atoms with Crippen LogP contribution < -0.4 is 15.4 Å². The molecule has 0 atom stereocenters. The number of halogens is 2. The number of hydrogen-bond acceptors (Lipinski definition) is 9. The van der Waals surface area contributed by atoms with Crippen molar-refractivity contribution in [1.82, 2.24) is 30.3 Å². The molecule has 2 N–H and O–H groups in total. The van der Waals surface area contributed by atoms with E-state index in [1.807, 2.05) is 45.0 Å². The molecule has 10 nitrogen and oxygen atoms in total. The van der Waals surface area contributed by atoms with Gasteiger partial charge in [-0.2, -0.15) is 10.2 Å². The first-order chi connectivity index (χ1) is 21.1. The topological polar surface area (TPSA) is 105 Å². The van der Waals surface area contributed by atoms with Gasteiger partial charge in [-0.3, -0.25) is 14.8 Å². The summed E-state index contributed by atoms with van der Waals surface area (Å²) in [7, 11) is 0. The van der Waals surface area contributed by atoms with Crippen LogP contribution in [0, 0.1) is 5.82 Å². The van der Waals surface area contributed by atoms with Crippen LogP contribution in [0.4, 0.5) is 20.6 Å². The van der Waals surface area contributed by atoms with E-state index in [2.05, 4.69) is 35.6 Å². The monoisotopic (exact) mass is 621 g/mol. The molecule has 44 heavy (non-hydrogen) atoms. The molecule has 0 unspecified atom stereocenters. The number of piperazine rings is 1. The second kappa shape index (κ2) is 14.1. The van der Waals surface area contributed by atoms with E-state index in [1.165, 1.54) is 18.2 Å². The average molecular weight is 622 g/mol. The molecule has 1 saturated heterocycles. The van der Waals surface area contributed by atoms with Crippen molar-refractivity contribution >= 4 is 40.0 Å². The highest BCUT2D eigenvalue weighted by Gasteiger charge is 2.19. The smallest absolute Gasteiger partial charge is 0.407 e. The molecular formula is C32H37ClFN7O3. The van der Waals surface area contributed by atoms with Crippen molar-refractivity contribution in [2.24, 2.45) is 0 Å². The summed E-state index contributed by atoms with van der Waals surface area (Å²) < 4.78 is 25.7. The number of alkyl carbamates (subject to hydrolysis) is 1. The number of rotatable bonds is 10. The van der Waals surface area contributed by atoms with Gasteiger partial charge in [-0.05, 0) is 63.2 Å². The maximum atomic E-state index is 14.4. The Hall–Kier alpha value is -4.06. The number of hydrogen-bond donors (Lipinski definition) is 2. The molecule has 232 valence electrons. The van der Waals surface area contributed by atoms with Crippen LogP contribution in [0.2, 0.25) is 5.02 Å². The normalized spacial score (nSPS) is 14.4. The average Bonchev–Trinajstić information content (AvgIpc) is 2.98. The van der Waals surface area contributed by atoms with Crippen LogP contribution in [0.3, 0.4) is 0 Å². The number of nitrogens with zero attached hydrogens (tertiary/aromatic N) is 5. The molecule has 1 aliphatic rings. The van der Waals surface area contributed by atoms with Gasteiger partial charge >= 0.3 is 6.09 Å². The van der Waals surface area contributed by atoms with Crippen molar-refractivity contribution in [3.8, 4) is 17.0 Å². The number of ether oxygens (including phenoxy) is 2. The minimum Gasteiger partial charge on any atom is -0.492 e. The highest BCUT2D eigenvalue weighted by molar-refractivity contribution is 6.30. The zero-order valence-electron chi connectivity index (χ0n) is 25.1. The van der Waals surface area contributed by atoms with Gasteiger partial charge in [0.05, 0.1) is 23.1 Å². The van der Waals surface area contributed by atoms with Crippen LogP contribution in [-0.4, -0.2) is 89.1 Å². The summed E-state index contributed by atoms with van der Waals surface area (Å²) in [6.07, 6.45) is 2.93. The van der Waals surface area contributed by atoms with E-state index in [4.69, 9.17) is 21.1 Å². The van der Waals surface area contributed by atoms with Crippen LogP contribution in [-0.2, 0) is 4.74 Å². The summed E-state index contributed by atoms with van der Waals surface area (Å²) in [6, 6.07) is 13.8. The minimum atomic E-state index is -0.493. The molecule has 3 heterocycles. The Balaban J connectivity index is 1.10. The van der Waals surface area contributed by atoms with Gasteiger partial charge in [0.2, 0.25) is 0 Å². The molecule has 4 aromatic rings. The predicted molar refractivity (Wildman–Crippen MR) is 170 cm³/mol. The largest absolute Gasteiger partial charge is 0.492 e. The van der Waals surface area contributed by atoms with Gasteiger partial charge in [0.1, 0.15) is 23.8 Å². The molecule has 0 spiro atoms. The number of aromatic nitrogens is 3. The molecule has 0 aliphatic carbocycles. The summed E-state index contributed by atoms with van der Waals surface area (Å²) in [5.74, 6) is 0.327. The summed E-state index contributed by atoms with van der Waals surface area (Å²) in [6.45, 7) is 12.1. The Kier molecular flexibility index (Phi) is 10.1. The first-order valence-corrected chi connectivity index (χ1v) is 15.0. The number of benzene rings is 2. The number of anilines is 2. The molecule has 2 aromatic heterocycles. The van der Waals surface area contributed by atoms with E-state index in [9.17, 15) is 9.18 Å². The lowest BCUT2D eigenvalue weighted by atomic mass is 10.1. The highest BCUT2D eigenvalue weighted by Crippen LogP contribution is 2.30. The summed E-state index contributed by atoms with van der Waals surface area (Å²) >= 11 is 6.06. The first kappa shape index (κ1) is 31.4. The van der Waals surface area contributed by atoms with E-state index < -0.39 is 11.4 Å². The zero-order valence-corrected chi connectivity index (χ0v) is 25.9. The van der Waals surface area contributed by atoms with Crippen LogP contribution in [0.1, 0.15) is 20.8 Å². The fourth-order valence-electron chi connectivity index (χ4n) is 4.90. The van der Waals surface area contributed by atoms with Gasteiger partial charge in [0.15, 0.2) is 0 Å². The van der Waals surface area contributed by atoms with Crippen LogP contribution in [0.5, 0.6) is 5.75 Å². The summed E-state index contributed by atoms with van der Waals surface area (Å²) in [5, 5.41) is 15.6. The number of fused-ring (bicyclic) bond motifs is 1. The van der Waals surface area contributed by atoms with Crippen molar-refractivity contribution in [3.05, 3.63) is 71.8 Å². The maximum absolute atomic E-state index is 14.4. The predicted octanol–water partition coefficient (Wildman–Crippen LogP) is 5.75. The van der Waals surface area contributed by atoms with Crippen molar-refractivity contribution in [2.75, 3.05) is 57.7 Å². The fourth-order valence-corrected chi connectivity index (χ4v) is 5.07. The molecule has 0 bridgehead atoms. The van der Waals surface area contributed by atoms with Crippen molar-refractivity contribution < 1.29 is 18.7 Å². The molecular weight excluding hydrogens is 585 g/mol. The maximum Gasteiger partial charge on any atom is 0.407 e. The highest BCUT2D eigenvalue weighted by atomic mass is 35.5. The Morgan fingerprint density at radius 3 is 2.57 bits per heavy atom. The van der Waals surface area contributed by atoms with Gasteiger partial charge in [-0.15, -0.1) is 0 Å². The molecule has 1 fully saturated rings. The molecule has 0 radical (unpaired) electrons. The van der Waals surface area contributed by atoms with Gasteiger partial charge < -0.3 is 20.1 Å². The molecule has 1 amide bonds. The lowest BCUT2D eigenvalue weighted by Crippen LogP contribution is -2.49. The van der Waals surface area contributed by atoms with Crippen LogP contribution in [0.15, 0.2) is 60.9 Å². The molecule has 12 heteroatoms. The summed E-state index contributed by atoms with van der Waals surface area (Å²) in [5.41, 5.74) is 2.43. The fraction of sp³-hybridized carbons (Fsp3) is 0.375. The number of carbonyl (C=O) groups excluding carboxylic acids is 1. The van der Waals surface area contributed by atoms with E-state index in [1.54, 1.807) is 18.5 Å². The van der Waals surface area contributed by atoms with Crippen LogP contribution >= 0.6 is 11.6 Å². The van der Waals surface area contributed by atoms with Gasteiger partial charge in [0.25, 0.3) is 0 Å². The number of amides is 1. The third kappa shape index (κ3) is 8.75. The summed E-state index contributed by atoms with van der Waals surface area (Å²) in [4.78, 5) is 21.1. The third-order valence-electron chi connectivity index (χ3n) is 7.09. The second-order valence-corrected chi connectivity index (χ2v) is 12.0. The van der Waals surface area contributed by atoms with E-state index >= 15 is 0 Å². The third-order valence-corrected chi connectivity index (χ3v) is 7.32. The lowest BCUT2D eigenvalue weighted by Gasteiger charge is -2.34. The number of pyridine rings is 1. The molecule has 0 saturated carbocycles. The van der Waals surface area contributed by atoms with Gasteiger partial charge in [0, 0.05) is 79.7 Å². The number of carbonyl (C=O) groups is 1. The standard InChI is InChI=1S/C32H37ClFN7O3/c1-32(2,3)44-31(42)36-10-11-40-12-14-41(15-13-40)16-17-43-24-5-6-25-28(8-9-35-29(25)20-24)38-23-19-30(39-37-21-23)26-18-22(33)4-7-27(26)34/h4-9,18-21H,10-17H2,1-3H3,(H,36,42)(H,35,38,39). The van der Waals surface area contributed by atoms with Gasteiger partial charge in [-0.1, -0.05) is 11.6 Å². The Labute approximate surface area is 261 Å². The lowest BCUT2D eigenvalue weighted by molar-refractivity contribution is 0.0515. The van der Waals surface area contributed by atoms with Crippen molar-refractivity contribution in [3.63, 3.8) is 0 Å². The SMILES string of the molecule is CC(C)(C)OC(=O)NCCN1CCN(CCOc2ccc3c(Nc4cnnc(-c5cc(Cl)ccc5F)c4)ccnc3c2)CC1. The minimum absolute atomic E-state index is 0.282. The molecule has 5 rings (SSSR count).